The first-order chi connectivity index (χ1) is 6.59. The maximum atomic E-state index is 11.1. The largest absolute Gasteiger partial charge is 0.309 e. The van der Waals surface area contributed by atoms with Gasteiger partial charge in [-0.1, -0.05) is 0 Å². The molecule has 0 spiro atoms. The Labute approximate surface area is 83.8 Å². The van der Waals surface area contributed by atoms with Gasteiger partial charge >= 0.3 is 0 Å². The lowest BCUT2D eigenvalue weighted by Gasteiger charge is -2.11. The minimum atomic E-state index is -0.315. The van der Waals surface area contributed by atoms with Gasteiger partial charge in [0.1, 0.15) is 0 Å². The third kappa shape index (κ3) is 3.43. The predicted molar refractivity (Wildman–Crippen MR) is 52.7 cm³/mol. The molecule has 0 saturated carbocycles. The summed E-state index contributed by atoms with van der Waals surface area (Å²) in [6.45, 7) is 1.75. The molecule has 2 N–H and O–H groups in total. The van der Waals surface area contributed by atoms with E-state index in [9.17, 15) is 9.59 Å². The summed E-state index contributed by atoms with van der Waals surface area (Å²) >= 11 is 0. The van der Waals surface area contributed by atoms with Crippen LogP contribution >= 0.6 is 0 Å². The Morgan fingerprint density at radius 1 is 1.50 bits per heavy atom. The molecule has 1 fully saturated rings. The Balaban J connectivity index is 2.13. The number of carbonyl (C=O) groups is 2. The molecule has 0 aliphatic carbocycles. The van der Waals surface area contributed by atoms with Crippen molar-refractivity contribution in [2.45, 2.75) is 18.9 Å². The highest BCUT2D eigenvalue weighted by Gasteiger charge is 2.29. The Bertz CT molecular complexity index is 228. The van der Waals surface area contributed by atoms with Crippen molar-refractivity contribution in [1.29, 1.82) is 0 Å². The first kappa shape index (κ1) is 11.1. The van der Waals surface area contributed by atoms with E-state index in [2.05, 4.69) is 15.5 Å². The number of carbonyl (C=O) groups excluding carboxylic acids is 2. The number of hydrogen-bond acceptors (Lipinski definition) is 4. The summed E-state index contributed by atoms with van der Waals surface area (Å²) in [5, 5.41) is 5.32. The van der Waals surface area contributed by atoms with Crippen LogP contribution in [0.2, 0.25) is 0 Å². The molecule has 14 heavy (non-hydrogen) atoms. The smallest absolute Gasteiger partial charge is 0.244 e. The van der Waals surface area contributed by atoms with Crippen LogP contribution in [0.4, 0.5) is 0 Å². The van der Waals surface area contributed by atoms with Crippen molar-refractivity contribution < 1.29 is 9.59 Å². The second kappa shape index (κ2) is 5.07. The van der Waals surface area contributed by atoms with Crippen LogP contribution in [0.1, 0.15) is 12.8 Å². The molecule has 1 rings (SSSR count). The fourth-order valence-electron chi connectivity index (χ4n) is 1.39. The molecule has 2 amide bonds. The summed E-state index contributed by atoms with van der Waals surface area (Å²) in [7, 11) is 4.01. The van der Waals surface area contributed by atoms with Gasteiger partial charge in [-0.2, -0.15) is 0 Å². The summed E-state index contributed by atoms with van der Waals surface area (Å²) in [6, 6.07) is -0.315. The topological polar surface area (TPSA) is 61.4 Å². The van der Waals surface area contributed by atoms with Gasteiger partial charge in [-0.3, -0.25) is 14.9 Å². The monoisotopic (exact) mass is 199 g/mol. The number of nitrogens with zero attached hydrogens (tertiary/aromatic N) is 1. The average Bonchev–Trinajstić information content (AvgIpc) is 2.39. The zero-order valence-electron chi connectivity index (χ0n) is 8.67. The SMILES string of the molecule is CN(C)CCCNC1CC(=O)NC1=O. The number of hydrogen-bond donors (Lipinski definition) is 2. The van der Waals surface area contributed by atoms with Gasteiger partial charge in [-0.15, -0.1) is 0 Å². The fraction of sp³-hybridized carbons (Fsp3) is 0.778. The molecular weight excluding hydrogens is 182 g/mol. The molecule has 1 heterocycles. The molecule has 0 aromatic carbocycles. The van der Waals surface area contributed by atoms with E-state index in [-0.39, 0.29) is 24.3 Å². The van der Waals surface area contributed by atoms with Crippen molar-refractivity contribution in [2.75, 3.05) is 27.2 Å². The number of amides is 2. The first-order valence-electron chi connectivity index (χ1n) is 4.81. The molecule has 1 unspecified atom stereocenters. The normalized spacial score (nSPS) is 21.8. The first-order valence-corrected chi connectivity index (χ1v) is 4.81. The number of rotatable bonds is 5. The van der Waals surface area contributed by atoms with Crippen LogP contribution in [0, 0.1) is 0 Å². The lowest BCUT2D eigenvalue weighted by molar-refractivity contribution is -0.125. The molecular formula is C9H17N3O2. The zero-order chi connectivity index (χ0) is 10.6. The van der Waals surface area contributed by atoms with Crippen LogP contribution in [0.15, 0.2) is 0 Å². The van der Waals surface area contributed by atoms with E-state index in [0.717, 1.165) is 19.5 Å². The van der Waals surface area contributed by atoms with Gasteiger partial charge in [0.25, 0.3) is 0 Å². The quantitative estimate of drug-likeness (QED) is 0.438. The third-order valence-electron chi connectivity index (χ3n) is 2.14. The van der Waals surface area contributed by atoms with Crippen molar-refractivity contribution in [3.63, 3.8) is 0 Å². The Morgan fingerprint density at radius 2 is 2.21 bits per heavy atom. The molecule has 0 aromatic heterocycles. The lowest BCUT2D eigenvalue weighted by Crippen LogP contribution is -2.37. The molecule has 80 valence electrons. The molecule has 5 heteroatoms. The van der Waals surface area contributed by atoms with E-state index >= 15 is 0 Å². The van der Waals surface area contributed by atoms with Crippen molar-refractivity contribution in [3.8, 4) is 0 Å². The van der Waals surface area contributed by atoms with E-state index in [0.29, 0.717) is 0 Å². The summed E-state index contributed by atoms with van der Waals surface area (Å²) in [5.41, 5.74) is 0. The van der Waals surface area contributed by atoms with Gasteiger partial charge in [0.2, 0.25) is 11.8 Å². The summed E-state index contributed by atoms with van der Waals surface area (Å²) in [6.07, 6.45) is 1.26. The van der Waals surface area contributed by atoms with Crippen LogP contribution in [-0.2, 0) is 9.59 Å². The Morgan fingerprint density at radius 3 is 2.71 bits per heavy atom. The van der Waals surface area contributed by atoms with Crippen LogP contribution in [0.5, 0.6) is 0 Å². The Kier molecular flexibility index (Phi) is 4.03. The highest BCUT2D eigenvalue weighted by Crippen LogP contribution is 2.00. The standard InChI is InChI=1S/C9H17N3O2/c1-12(2)5-3-4-10-7-6-8(13)11-9(7)14/h7,10H,3-6H2,1-2H3,(H,11,13,14). The maximum absolute atomic E-state index is 11.1. The molecule has 5 nitrogen and oxygen atoms in total. The molecule has 0 bridgehead atoms. The third-order valence-corrected chi connectivity index (χ3v) is 2.14. The molecule has 1 aliphatic heterocycles. The molecule has 1 saturated heterocycles. The second-order valence-electron chi connectivity index (χ2n) is 3.78. The second-order valence-corrected chi connectivity index (χ2v) is 3.78. The predicted octanol–water partition coefficient (Wildman–Crippen LogP) is -1.06. The van der Waals surface area contributed by atoms with Crippen LogP contribution in [0.3, 0.4) is 0 Å². The van der Waals surface area contributed by atoms with Gasteiger partial charge in [0.15, 0.2) is 0 Å². The van der Waals surface area contributed by atoms with Gasteiger partial charge in [-0.25, -0.2) is 0 Å². The lowest BCUT2D eigenvalue weighted by atomic mass is 10.2. The van der Waals surface area contributed by atoms with E-state index < -0.39 is 0 Å². The number of imide groups is 1. The Hall–Kier alpha value is -0.940. The molecule has 0 aromatic rings. The van der Waals surface area contributed by atoms with Crippen LogP contribution in [-0.4, -0.2) is 49.9 Å². The van der Waals surface area contributed by atoms with Crippen molar-refractivity contribution in [2.24, 2.45) is 0 Å². The highest BCUT2D eigenvalue weighted by atomic mass is 16.2. The van der Waals surface area contributed by atoms with Crippen molar-refractivity contribution in [1.82, 2.24) is 15.5 Å². The summed E-state index contributed by atoms with van der Waals surface area (Å²) < 4.78 is 0. The van der Waals surface area contributed by atoms with Gasteiger partial charge in [0.05, 0.1) is 12.5 Å². The molecule has 0 radical (unpaired) electrons. The summed E-state index contributed by atoms with van der Waals surface area (Å²) in [4.78, 5) is 24.0. The van der Waals surface area contributed by atoms with Crippen LogP contribution in [0.25, 0.3) is 0 Å². The highest BCUT2D eigenvalue weighted by molar-refractivity contribution is 6.05. The van der Waals surface area contributed by atoms with Gasteiger partial charge < -0.3 is 10.2 Å². The van der Waals surface area contributed by atoms with E-state index in [1.807, 2.05) is 14.1 Å². The maximum Gasteiger partial charge on any atom is 0.244 e. The number of nitrogens with one attached hydrogen (secondary N) is 2. The van der Waals surface area contributed by atoms with Crippen molar-refractivity contribution in [3.05, 3.63) is 0 Å². The minimum Gasteiger partial charge on any atom is -0.309 e. The van der Waals surface area contributed by atoms with Crippen molar-refractivity contribution >= 4 is 11.8 Å². The minimum absolute atomic E-state index is 0.180. The van der Waals surface area contributed by atoms with Gasteiger partial charge in [0, 0.05) is 0 Å². The molecule has 1 aliphatic rings. The zero-order valence-corrected chi connectivity index (χ0v) is 8.67. The van der Waals surface area contributed by atoms with Gasteiger partial charge in [-0.05, 0) is 33.6 Å². The van der Waals surface area contributed by atoms with E-state index in [1.165, 1.54) is 0 Å². The summed E-state index contributed by atoms with van der Waals surface area (Å²) in [5.74, 6) is -0.375. The molecule has 1 atom stereocenters. The van der Waals surface area contributed by atoms with E-state index in [1.54, 1.807) is 0 Å². The van der Waals surface area contributed by atoms with E-state index in [4.69, 9.17) is 0 Å². The van der Waals surface area contributed by atoms with Crippen LogP contribution < -0.4 is 10.6 Å². The fourth-order valence-corrected chi connectivity index (χ4v) is 1.39. The average molecular weight is 199 g/mol.